The predicted molar refractivity (Wildman–Crippen MR) is 23.2 cm³/mol. The van der Waals surface area contributed by atoms with Crippen LogP contribution in [0.15, 0.2) is 12.1 Å². The fourth-order valence-corrected chi connectivity index (χ4v) is 0.527. The molecule has 1 rings (SSSR count). The first kappa shape index (κ1) is 2.92. The molecule has 0 spiro atoms. The lowest BCUT2D eigenvalue weighted by molar-refractivity contribution is 0.510. The van der Waals surface area contributed by atoms with E-state index in [2.05, 4.69) is 4.74 Å². The van der Waals surface area contributed by atoms with Crippen molar-refractivity contribution >= 4 is 14.2 Å². The summed E-state index contributed by atoms with van der Waals surface area (Å²) in [5.41, 5.74) is 0. The molecule has 0 bridgehead atoms. The molecule has 1 nitrogen and oxygen atoms in total. The summed E-state index contributed by atoms with van der Waals surface area (Å²) < 4.78 is 4.63. The van der Waals surface area contributed by atoms with E-state index >= 15 is 0 Å². The van der Waals surface area contributed by atoms with Crippen LogP contribution in [-0.2, 0) is 4.74 Å². The SMILES string of the molecule is C1=C[P+]=CO1. The van der Waals surface area contributed by atoms with Gasteiger partial charge in [0, 0.05) is 0 Å². The lowest BCUT2D eigenvalue weighted by Crippen LogP contribution is -1.58. The van der Waals surface area contributed by atoms with Crippen molar-refractivity contribution in [2.75, 3.05) is 0 Å². The highest BCUT2D eigenvalue weighted by Gasteiger charge is 1.91. The first-order valence-electron chi connectivity index (χ1n) is 1.32. The van der Waals surface area contributed by atoms with E-state index in [4.69, 9.17) is 0 Å². The molecular weight excluding hydrogens is 83.0 g/mol. The minimum atomic E-state index is 1.16. The number of rotatable bonds is 0. The van der Waals surface area contributed by atoms with Crippen molar-refractivity contribution < 1.29 is 4.74 Å². The topological polar surface area (TPSA) is 9.23 Å². The average molecular weight is 86.0 g/mol. The highest BCUT2D eigenvalue weighted by molar-refractivity contribution is 7.41. The molecule has 0 aromatic carbocycles. The van der Waals surface area contributed by atoms with Crippen LogP contribution >= 0.6 is 8.20 Å². The van der Waals surface area contributed by atoms with Gasteiger partial charge in [0.2, 0.25) is 0 Å². The third kappa shape index (κ3) is 0.489. The number of hydrogen-bond acceptors (Lipinski definition) is 1. The lowest BCUT2D eigenvalue weighted by Gasteiger charge is -1.62. The van der Waals surface area contributed by atoms with Crippen molar-refractivity contribution in [1.82, 2.24) is 0 Å². The maximum atomic E-state index is 4.63. The standard InChI is InChI=1S/C3H3OP/c1-2-5-3-4-1/h1-3H/q+1. The molecule has 0 aromatic rings. The van der Waals surface area contributed by atoms with Crippen LogP contribution in [0.3, 0.4) is 0 Å². The molecule has 5 heavy (non-hydrogen) atoms. The molecule has 0 N–H and O–H groups in total. The van der Waals surface area contributed by atoms with Crippen molar-refractivity contribution in [3.63, 3.8) is 0 Å². The van der Waals surface area contributed by atoms with Crippen molar-refractivity contribution in [1.29, 1.82) is 0 Å². The molecule has 0 fully saturated rings. The molecule has 0 atom stereocenters. The fourth-order valence-electron chi connectivity index (χ4n) is 0.176. The Labute approximate surface area is 32.1 Å². The molecule has 0 saturated carbocycles. The molecule has 2 heteroatoms. The monoisotopic (exact) mass is 86.0 g/mol. The molecule has 0 saturated heterocycles. The smallest absolute Gasteiger partial charge is 0.384 e. The summed E-state index contributed by atoms with van der Waals surface area (Å²) in [6.07, 6.45) is 1.67. The largest absolute Gasteiger partial charge is 0.428 e. The van der Waals surface area contributed by atoms with Gasteiger partial charge in [-0.15, -0.1) is 0 Å². The van der Waals surface area contributed by atoms with E-state index in [0.29, 0.717) is 0 Å². The van der Waals surface area contributed by atoms with Crippen molar-refractivity contribution in [2.24, 2.45) is 0 Å². The quantitative estimate of drug-likeness (QED) is 0.402. The van der Waals surface area contributed by atoms with E-state index in [0.717, 1.165) is 8.20 Å². The minimum absolute atomic E-state index is 1.16. The van der Waals surface area contributed by atoms with E-state index in [1.165, 1.54) is 0 Å². The van der Waals surface area contributed by atoms with Gasteiger partial charge in [-0.2, -0.15) is 0 Å². The van der Waals surface area contributed by atoms with E-state index < -0.39 is 0 Å². The molecule has 0 aliphatic carbocycles. The van der Waals surface area contributed by atoms with E-state index in [9.17, 15) is 0 Å². The molecule has 1 heterocycles. The zero-order valence-electron chi connectivity index (χ0n) is 2.59. The molecule has 0 amide bonds. The maximum absolute atomic E-state index is 4.63. The Morgan fingerprint density at radius 1 is 1.60 bits per heavy atom. The van der Waals surface area contributed by atoms with E-state index in [1.807, 2.05) is 5.82 Å². The van der Waals surface area contributed by atoms with E-state index in [-0.39, 0.29) is 0 Å². The molecule has 25 valence electrons. The summed E-state index contributed by atoms with van der Waals surface area (Å²) in [7, 11) is 1.16. The van der Waals surface area contributed by atoms with Crippen LogP contribution in [0, 0.1) is 0 Å². The van der Waals surface area contributed by atoms with Gasteiger partial charge < -0.3 is 4.74 Å². The van der Waals surface area contributed by atoms with Gasteiger partial charge in [-0.25, -0.2) is 0 Å². The second-order valence-electron chi connectivity index (χ2n) is 0.676. The van der Waals surface area contributed by atoms with Crippen LogP contribution < -0.4 is 0 Å². The van der Waals surface area contributed by atoms with Crippen LogP contribution in [0.5, 0.6) is 0 Å². The second kappa shape index (κ2) is 1.23. The van der Waals surface area contributed by atoms with Crippen molar-refractivity contribution in [3.8, 4) is 0 Å². The first-order valence-corrected chi connectivity index (χ1v) is 2.35. The van der Waals surface area contributed by atoms with Gasteiger partial charge in [-0.1, -0.05) is 0 Å². The van der Waals surface area contributed by atoms with E-state index in [1.54, 1.807) is 12.2 Å². The zero-order valence-corrected chi connectivity index (χ0v) is 3.48. The Kier molecular flexibility index (Phi) is 0.718. The van der Waals surface area contributed by atoms with Gasteiger partial charge in [0.25, 0.3) is 0 Å². The van der Waals surface area contributed by atoms with Gasteiger partial charge in [0.1, 0.15) is 6.26 Å². The molecule has 0 unspecified atom stereocenters. The van der Waals surface area contributed by atoms with Crippen molar-refractivity contribution in [3.05, 3.63) is 12.1 Å². The molecule has 1 aliphatic heterocycles. The Morgan fingerprint density at radius 3 is 2.80 bits per heavy atom. The number of hydrogen-bond donors (Lipinski definition) is 0. The van der Waals surface area contributed by atoms with Crippen LogP contribution in [0.2, 0.25) is 0 Å². The van der Waals surface area contributed by atoms with Gasteiger partial charge in [-0.05, 0) is 0 Å². The highest BCUT2D eigenvalue weighted by Crippen LogP contribution is 2.01. The summed E-state index contributed by atoms with van der Waals surface area (Å²) in [5, 5.41) is 0. The summed E-state index contributed by atoms with van der Waals surface area (Å²) in [6, 6.07) is 0. The molecule has 1 aliphatic rings. The minimum Gasteiger partial charge on any atom is -0.428 e. The normalized spacial score (nSPS) is 19.2. The lowest BCUT2D eigenvalue weighted by atomic mass is 11.1. The Morgan fingerprint density at radius 2 is 2.60 bits per heavy atom. The Hall–Kier alpha value is -0.290. The second-order valence-corrected chi connectivity index (χ2v) is 1.48. The Bertz CT molecular complexity index is 65.0. The maximum Gasteiger partial charge on any atom is 0.384 e. The fraction of sp³-hybridized carbons (Fsp3) is 0. The third-order valence-electron chi connectivity index (χ3n) is 0.347. The summed E-state index contributed by atoms with van der Waals surface area (Å²) in [4.78, 5) is 0. The summed E-state index contributed by atoms with van der Waals surface area (Å²) >= 11 is 0. The zero-order chi connectivity index (χ0) is 3.54. The van der Waals surface area contributed by atoms with Gasteiger partial charge >= 0.3 is 14.2 Å². The van der Waals surface area contributed by atoms with Crippen LogP contribution in [0.1, 0.15) is 0 Å². The van der Waals surface area contributed by atoms with Crippen LogP contribution in [0.4, 0.5) is 0 Å². The van der Waals surface area contributed by atoms with Crippen LogP contribution in [0.25, 0.3) is 0 Å². The average Bonchev–Trinajstić information content (AvgIpc) is 1.76. The van der Waals surface area contributed by atoms with Gasteiger partial charge in [0.05, 0.1) is 0 Å². The highest BCUT2D eigenvalue weighted by atomic mass is 31.1. The molecule has 0 aromatic heterocycles. The summed E-state index contributed by atoms with van der Waals surface area (Å²) in [5.74, 6) is 3.65. The van der Waals surface area contributed by atoms with Crippen LogP contribution in [-0.4, -0.2) is 5.98 Å². The molecular formula is C3H3OP+. The third-order valence-corrected chi connectivity index (χ3v) is 0.884. The number of ether oxygens (including phenoxy) is 1. The predicted octanol–water partition coefficient (Wildman–Crippen LogP) is 1.19. The van der Waals surface area contributed by atoms with Gasteiger partial charge in [-0.3, -0.25) is 0 Å². The van der Waals surface area contributed by atoms with Gasteiger partial charge in [0.15, 0.2) is 5.82 Å². The first-order chi connectivity index (χ1) is 2.50. The van der Waals surface area contributed by atoms with Crippen molar-refractivity contribution in [2.45, 2.75) is 0 Å². The Balaban J connectivity index is 2.61. The summed E-state index contributed by atoms with van der Waals surface area (Å²) in [6.45, 7) is 0. The molecule has 1 radical (unpaired) electrons.